The van der Waals surface area contributed by atoms with Crippen LogP contribution in [0.2, 0.25) is 5.02 Å². The maximum atomic E-state index is 13.3. The summed E-state index contributed by atoms with van der Waals surface area (Å²) in [6.45, 7) is 2.27. The molecule has 4 rings (SSSR count). The van der Waals surface area contributed by atoms with Gasteiger partial charge >= 0.3 is 0 Å². The predicted octanol–water partition coefficient (Wildman–Crippen LogP) is 5.40. The van der Waals surface area contributed by atoms with Gasteiger partial charge in [-0.3, -0.25) is 0 Å². The van der Waals surface area contributed by atoms with Crippen molar-refractivity contribution in [2.45, 2.75) is 26.2 Å². The van der Waals surface area contributed by atoms with Crippen molar-refractivity contribution in [3.63, 3.8) is 0 Å². The molecule has 1 aliphatic rings. The molecule has 0 spiro atoms. The van der Waals surface area contributed by atoms with Gasteiger partial charge in [-0.15, -0.1) is 11.3 Å². The number of benzene rings is 1. The maximum Gasteiger partial charge on any atom is 0.231 e. The number of thiophene rings is 1. The van der Waals surface area contributed by atoms with Crippen LogP contribution in [-0.4, -0.2) is 9.97 Å². The number of aromatic nitrogens is 2. The second kappa shape index (κ2) is 5.73. The minimum Gasteiger partial charge on any atom is -0.438 e. The molecule has 0 saturated heterocycles. The van der Waals surface area contributed by atoms with Crippen LogP contribution in [0.4, 0.5) is 4.39 Å². The quantitative estimate of drug-likeness (QED) is 0.621. The smallest absolute Gasteiger partial charge is 0.231 e. The van der Waals surface area contributed by atoms with E-state index in [9.17, 15) is 4.39 Å². The lowest BCUT2D eigenvalue weighted by molar-refractivity contribution is 0.464. The number of rotatable bonds is 2. The molecule has 0 amide bonds. The predicted molar refractivity (Wildman–Crippen MR) is 90.1 cm³/mol. The first-order valence-electron chi connectivity index (χ1n) is 7.50. The van der Waals surface area contributed by atoms with E-state index in [-0.39, 0.29) is 5.02 Å². The SMILES string of the molecule is C[C@H]1CCc2c(sc3ncnc(Oc4ccc(F)c(Cl)c4)c23)C1. The molecule has 0 N–H and O–H groups in total. The Morgan fingerprint density at radius 1 is 1.35 bits per heavy atom. The van der Waals surface area contributed by atoms with Crippen LogP contribution in [0.3, 0.4) is 0 Å². The van der Waals surface area contributed by atoms with Crippen LogP contribution in [0.5, 0.6) is 11.6 Å². The van der Waals surface area contributed by atoms with Crippen LogP contribution in [0.25, 0.3) is 10.2 Å². The van der Waals surface area contributed by atoms with Gasteiger partial charge in [0.15, 0.2) is 0 Å². The van der Waals surface area contributed by atoms with Gasteiger partial charge in [0.2, 0.25) is 5.88 Å². The second-order valence-electron chi connectivity index (χ2n) is 5.89. The van der Waals surface area contributed by atoms with Crippen LogP contribution < -0.4 is 4.74 Å². The summed E-state index contributed by atoms with van der Waals surface area (Å²) in [6.07, 6.45) is 4.77. The minimum absolute atomic E-state index is 0.0361. The number of aryl methyl sites for hydroxylation is 1. The fraction of sp³-hybridized carbons (Fsp3) is 0.294. The summed E-state index contributed by atoms with van der Waals surface area (Å²) in [5, 5.41) is 1.02. The van der Waals surface area contributed by atoms with Gasteiger partial charge in [-0.05, 0) is 42.9 Å². The standard InChI is InChI=1S/C17H14ClFN2OS/c1-9-2-4-11-14(6-9)23-17-15(11)16(20-8-21-17)22-10-3-5-13(19)12(18)7-10/h3,5,7-9H,2,4,6H2,1H3/t9-/m0/s1. The molecule has 2 aromatic heterocycles. The molecule has 118 valence electrons. The third-order valence-corrected chi connectivity index (χ3v) is 5.61. The highest BCUT2D eigenvalue weighted by molar-refractivity contribution is 7.18. The van der Waals surface area contributed by atoms with E-state index in [1.165, 1.54) is 28.9 Å². The highest BCUT2D eigenvalue weighted by Crippen LogP contribution is 2.41. The molecule has 0 bridgehead atoms. The summed E-state index contributed by atoms with van der Waals surface area (Å²) in [5.41, 5.74) is 1.30. The van der Waals surface area contributed by atoms with Crippen LogP contribution in [0.1, 0.15) is 23.8 Å². The van der Waals surface area contributed by atoms with Gasteiger partial charge in [-0.1, -0.05) is 18.5 Å². The lowest BCUT2D eigenvalue weighted by Crippen LogP contribution is -2.08. The molecule has 3 nitrogen and oxygen atoms in total. The third kappa shape index (κ3) is 2.68. The zero-order valence-corrected chi connectivity index (χ0v) is 14.0. The summed E-state index contributed by atoms with van der Waals surface area (Å²) in [5.74, 6) is 1.22. The van der Waals surface area contributed by atoms with Gasteiger partial charge < -0.3 is 4.74 Å². The average Bonchev–Trinajstić information content (AvgIpc) is 2.89. The first-order valence-corrected chi connectivity index (χ1v) is 8.69. The normalized spacial score (nSPS) is 17.3. The van der Waals surface area contributed by atoms with Crippen LogP contribution in [-0.2, 0) is 12.8 Å². The molecular formula is C17H14ClFN2OS. The molecule has 1 aromatic carbocycles. The highest BCUT2D eigenvalue weighted by atomic mass is 35.5. The van der Waals surface area contributed by atoms with Crippen LogP contribution in [0.15, 0.2) is 24.5 Å². The first-order chi connectivity index (χ1) is 11.1. The lowest BCUT2D eigenvalue weighted by Gasteiger charge is -2.18. The van der Waals surface area contributed by atoms with Crippen molar-refractivity contribution in [2.24, 2.45) is 5.92 Å². The number of halogens is 2. The van der Waals surface area contributed by atoms with Gasteiger partial charge in [0.1, 0.15) is 22.7 Å². The van der Waals surface area contributed by atoms with E-state index < -0.39 is 5.82 Å². The molecule has 6 heteroatoms. The second-order valence-corrected chi connectivity index (χ2v) is 7.38. The zero-order chi connectivity index (χ0) is 16.0. The number of fused-ring (bicyclic) bond motifs is 3. The molecule has 0 fully saturated rings. The minimum atomic E-state index is -0.464. The summed E-state index contributed by atoms with van der Waals surface area (Å²) in [7, 11) is 0. The topological polar surface area (TPSA) is 35.0 Å². The fourth-order valence-electron chi connectivity index (χ4n) is 2.98. The number of ether oxygens (including phenoxy) is 1. The van der Waals surface area contributed by atoms with Crippen LogP contribution in [0, 0.1) is 11.7 Å². The highest BCUT2D eigenvalue weighted by Gasteiger charge is 2.23. The van der Waals surface area contributed by atoms with E-state index >= 15 is 0 Å². The Hall–Kier alpha value is -1.72. The molecule has 1 atom stereocenters. The van der Waals surface area contributed by atoms with Crippen molar-refractivity contribution in [3.8, 4) is 11.6 Å². The largest absolute Gasteiger partial charge is 0.438 e. The first kappa shape index (κ1) is 14.8. The molecule has 0 aliphatic heterocycles. The number of hydrogen-bond donors (Lipinski definition) is 0. The molecule has 23 heavy (non-hydrogen) atoms. The fourth-order valence-corrected chi connectivity index (χ4v) is 4.49. The molecular weight excluding hydrogens is 335 g/mol. The zero-order valence-electron chi connectivity index (χ0n) is 12.5. The monoisotopic (exact) mass is 348 g/mol. The van der Waals surface area contributed by atoms with Gasteiger partial charge in [0, 0.05) is 10.9 Å². The summed E-state index contributed by atoms with van der Waals surface area (Å²) in [6, 6.07) is 4.31. The Morgan fingerprint density at radius 2 is 2.22 bits per heavy atom. The van der Waals surface area contributed by atoms with E-state index in [1.807, 2.05) is 0 Å². The van der Waals surface area contributed by atoms with Gasteiger partial charge in [0.25, 0.3) is 0 Å². The van der Waals surface area contributed by atoms with Crippen molar-refractivity contribution in [2.75, 3.05) is 0 Å². The van der Waals surface area contributed by atoms with Crippen molar-refractivity contribution in [1.29, 1.82) is 0 Å². The Labute approximate surface area is 142 Å². The van der Waals surface area contributed by atoms with Crippen molar-refractivity contribution < 1.29 is 9.13 Å². The van der Waals surface area contributed by atoms with E-state index in [4.69, 9.17) is 16.3 Å². The number of hydrogen-bond acceptors (Lipinski definition) is 4. The molecule has 0 radical (unpaired) electrons. The van der Waals surface area contributed by atoms with Gasteiger partial charge in [-0.25, -0.2) is 14.4 Å². The third-order valence-electron chi connectivity index (χ3n) is 4.16. The van der Waals surface area contributed by atoms with Crippen molar-refractivity contribution in [1.82, 2.24) is 9.97 Å². The lowest BCUT2D eigenvalue weighted by atomic mass is 9.89. The van der Waals surface area contributed by atoms with E-state index in [0.29, 0.717) is 17.5 Å². The van der Waals surface area contributed by atoms with E-state index in [1.54, 1.807) is 17.4 Å². The molecule has 2 heterocycles. The average molecular weight is 349 g/mol. The van der Waals surface area contributed by atoms with Gasteiger partial charge in [-0.2, -0.15) is 0 Å². The molecule has 3 aromatic rings. The Morgan fingerprint density at radius 3 is 3.04 bits per heavy atom. The summed E-state index contributed by atoms with van der Waals surface area (Å²) >= 11 is 7.54. The number of nitrogens with zero attached hydrogens (tertiary/aromatic N) is 2. The van der Waals surface area contributed by atoms with Gasteiger partial charge in [0.05, 0.1) is 10.4 Å². The molecule has 0 unspecified atom stereocenters. The molecule has 0 saturated carbocycles. The maximum absolute atomic E-state index is 13.3. The van der Waals surface area contributed by atoms with E-state index in [0.717, 1.165) is 29.5 Å². The summed E-state index contributed by atoms with van der Waals surface area (Å²) < 4.78 is 19.2. The van der Waals surface area contributed by atoms with E-state index in [2.05, 4.69) is 16.9 Å². The van der Waals surface area contributed by atoms with Crippen molar-refractivity contribution in [3.05, 3.63) is 45.8 Å². The summed E-state index contributed by atoms with van der Waals surface area (Å²) in [4.78, 5) is 11.0. The Kier molecular flexibility index (Phi) is 3.70. The van der Waals surface area contributed by atoms with Crippen LogP contribution >= 0.6 is 22.9 Å². The van der Waals surface area contributed by atoms with Crippen molar-refractivity contribution >= 4 is 33.2 Å². The Bertz CT molecular complexity index is 896. The Balaban J connectivity index is 1.79. The molecule has 1 aliphatic carbocycles.